The van der Waals surface area contributed by atoms with Crippen molar-refractivity contribution in [2.45, 2.75) is 19.4 Å². The summed E-state index contributed by atoms with van der Waals surface area (Å²) in [5.41, 5.74) is 5.78. The van der Waals surface area contributed by atoms with Crippen LogP contribution in [0.4, 0.5) is 5.13 Å². The number of aryl methyl sites for hydroxylation is 1. The second-order valence-electron chi connectivity index (χ2n) is 4.72. The predicted octanol–water partition coefficient (Wildman–Crippen LogP) is -0.277. The van der Waals surface area contributed by atoms with Gasteiger partial charge in [-0.3, -0.25) is 4.79 Å². The third-order valence-corrected chi connectivity index (χ3v) is 4.11. The molecule has 0 bridgehead atoms. The van der Waals surface area contributed by atoms with Gasteiger partial charge in [0.05, 0.1) is 6.61 Å². The molecular formula is C12H21N5O2S. The second kappa shape index (κ2) is 6.96. The van der Waals surface area contributed by atoms with E-state index < -0.39 is 6.04 Å². The van der Waals surface area contributed by atoms with E-state index in [1.807, 2.05) is 6.92 Å². The summed E-state index contributed by atoms with van der Waals surface area (Å²) in [6.07, 6.45) is 0.848. The summed E-state index contributed by atoms with van der Waals surface area (Å²) >= 11 is 1.42. The lowest BCUT2D eigenvalue weighted by molar-refractivity contribution is -0.134. The molecule has 1 fully saturated rings. The van der Waals surface area contributed by atoms with Crippen LogP contribution in [0, 0.1) is 0 Å². The Balaban J connectivity index is 1.87. The van der Waals surface area contributed by atoms with Crippen LogP contribution in [0.1, 0.15) is 12.7 Å². The molecule has 1 amide bonds. The van der Waals surface area contributed by atoms with Crippen LogP contribution in [0.15, 0.2) is 0 Å². The fraction of sp³-hybridized carbons (Fsp3) is 0.750. The van der Waals surface area contributed by atoms with Crippen LogP contribution in [0.5, 0.6) is 0 Å². The number of anilines is 1. The highest BCUT2D eigenvalue weighted by atomic mass is 32.1. The smallest absolute Gasteiger partial charge is 0.241 e. The maximum Gasteiger partial charge on any atom is 0.241 e. The summed E-state index contributed by atoms with van der Waals surface area (Å²) in [4.78, 5) is 20.5. The van der Waals surface area contributed by atoms with Crippen molar-refractivity contribution >= 4 is 22.6 Å². The lowest BCUT2D eigenvalue weighted by Crippen LogP contribution is -2.54. The van der Waals surface area contributed by atoms with Crippen molar-refractivity contribution in [1.82, 2.24) is 14.3 Å². The summed E-state index contributed by atoms with van der Waals surface area (Å²) < 4.78 is 9.21. The molecule has 0 spiro atoms. The molecule has 20 heavy (non-hydrogen) atoms. The molecule has 1 unspecified atom stereocenters. The molecule has 112 valence electrons. The number of carbonyl (C=O) groups excluding carboxylic acids is 1. The number of amides is 1. The Morgan fingerprint density at radius 3 is 2.70 bits per heavy atom. The highest BCUT2D eigenvalue weighted by Gasteiger charge is 2.26. The van der Waals surface area contributed by atoms with Crippen molar-refractivity contribution in [2.24, 2.45) is 5.73 Å². The molecule has 2 N–H and O–H groups in total. The molecule has 1 aliphatic heterocycles. The summed E-state index contributed by atoms with van der Waals surface area (Å²) in [5.74, 6) is 0.837. The lowest BCUT2D eigenvalue weighted by Gasteiger charge is -2.35. The molecule has 0 aromatic carbocycles. The van der Waals surface area contributed by atoms with E-state index in [0.29, 0.717) is 13.1 Å². The van der Waals surface area contributed by atoms with Gasteiger partial charge in [0.15, 0.2) is 0 Å². The number of methoxy groups -OCH3 is 1. The molecule has 0 aliphatic carbocycles. The van der Waals surface area contributed by atoms with Crippen molar-refractivity contribution in [3.05, 3.63) is 5.82 Å². The maximum absolute atomic E-state index is 12.1. The minimum atomic E-state index is -0.570. The monoisotopic (exact) mass is 299 g/mol. The van der Waals surface area contributed by atoms with Crippen LogP contribution in [-0.2, 0) is 16.0 Å². The van der Waals surface area contributed by atoms with E-state index >= 15 is 0 Å². The Hall–Kier alpha value is -1.25. The van der Waals surface area contributed by atoms with E-state index in [1.165, 1.54) is 11.5 Å². The first-order chi connectivity index (χ1) is 9.65. The number of aromatic nitrogens is 2. The molecule has 1 aromatic rings. The molecule has 8 heteroatoms. The number of rotatable bonds is 5. The molecule has 2 heterocycles. The van der Waals surface area contributed by atoms with E-state index in [2.05, 4.69) is 14.3 Å². The zero-order valence-electron chi connectivity index (χ0n) is 11.9. The Morgan fingerprint density at radius 1 is 1.45 bits per heavy atom. The third-order valence-electron chi connectivity index (χ3n) is 3.30. The number of hydrogen-bond donors (Lipinski definition) is 1. The summed E-state index contributed by atoms with van der Waals surface area (Å²) in [7, 11) is 1.55. The quantitative estimate of drug-likeness (QED) is 0.805. The number of ether oxygens (including phenoxy) is 1. The minimum absolute atomic E-state index is 0.0435. The molecule has 1 aliphatic rings. The fourth-order valence-electron chi connectivity index (χ4n) is 2.12. The number of carbonyl (C=O) groups is 1. The summed E-state index contributed by atoms with van der Waals surface area (Å²) in [6, 6.07) is -0.570. The minimum Gasteiger partial charge on any atom is -0.383 e. The largest absolute Gasteiger partial charge is 0.383 e. The van der Waals surface area contributed by atoms with Gasteiger partial charge in [0.2, 0.25) is 11.0 Å². The molecule has 7 nitrogen and oxygen atoms in total. The zero-order chi connectivity index (χ0) is 14.5. The van der Waals surface area contributed by atoms with Crippen LogP contribution >= 0.6 is 11.5 Å². The number of nitrogens with two attached hydrogens (primary N) is 1. The molecule has 1 saturated heterocycles. The van der Waals surface area contributed by atoms with Crippen molar-refractivity contribution < 1.29 is 9.53 Å². The van der Waals surface area contributed by atoms with Crippen molar-refractivity contribution in [2.75, 3.05) is 44.8 Å². The number of nitrogens with zero attached hydrogens (tertiary/aromatic N) is 4. The zero-order valence-corrected chi connectivity index (χ0v) is 12.7. The van der Waals surface area contributed by atoms with Crippen LogP contribution in [0.25, 0.3) is 0 Å². The van der Waals surface area contributed by atoms with Crippen LogP contribution in [0.3, 0.4) is 0 Å². The fourth-order valence-corrected chi connectivity index (χ4v) is 2.92. The van der Waals surface area contributed by atoms with Gasteiger partial charge in [0.1, 0.15) is 11.9 Å². The van der Waals surface area contributed by atoms with Gasteiger partial charge in [-0.1, -0.05) is 6.92 Å². The van der Waals surface area contributed by atoms with Gasteiger partial charge in [-0.25, -0.2) is 4.98 Å². The predicted molar refractivity (Wildman–Crippen MR) is 77.9 cm³/mol. The highest BCUT2D eigenvalue weighted by Crippen LogP contribution is 2.19. The van der Waals surface area contributed by atoms with Gasteiger partial charge in [-0.05, 0) is 0 Å². The summed E-state index contributed by atoms with van der Waals surface area (Å²) in [6.45, 7) is 5.16. The van der Waals surface area contributed by atoms with Gasteiger partial charge in [0, 0.05) is 51.2 Å². The second-order valence-corrected chi connectivity index (χ2v) is 5.45. The van der Waals surface area contributed by atoms with E-state index in [4.69, 9.17) is 10.5 Å². The van der Waals surface area contributed by atoms with E-state index in [1.54, 1.807) is 12.0 Å². The van der Waals surface area contributed by atoms with Crippen LogP contribution in [-0.4, -0.2) is 66.1 Å². The maximum atomic E-state index is 12.1. The first kappa shape index (κ1) is 15.1. The lowest BCUT2D eigenvalue weighted by atomic mass is 10.2. The van der Waals surface area contributed by atoms with Gasteiger partial charge >= 0.3 is 0 Å². The summed E-state index contributed by atoms with van der Waals surface area (Å²) in [5, 5.41) is 0.940. The SMILES string of the molecule is CCc1nsc(N2CCN(C(=O)C(N)COC)CC2)n1. The standard InChI is InChI=1S/C12H21N5O2S/c1-3-10-14-12(20-15-10)17-6-4-16(5-7-17)11(18)9(13)8-19-2/h9H,3-8,13H2,1-2H3. The number of piperazine rings is 1. The molecule has 1 aromatic heterocycles. The van der Waals surface area contributed by atoms with Gasteiger partial charge < -0.3 is 20.3 Å². The van der Waals surface area contributed by atoms with Gasteiger partial charge in [0.25, 0.3) is 0 Å². The average Bonchev–Trinajstić information content (AvgIpc) is 2.96. The highest BCUT2D eigenvalue weighted by molar-refractivity contribution is 7.09. The first-order valence-corrected chi connectivity index (χ1v) is 7.54. The Labute approximate surface area is 122 Å². The molecule has 0 saturated carbocycles. The third kappa shape index (κ3) is 3.44. The number of hydrogen-bond acceptors (Lipinski definition) is 7. The van der Waals surface area contributed by atoms with Crippen molar-refractivity contribution in [3.63, 3.8) is 0 Å². The van der Waals surface area contributed by atoms with Crippen molar-refractivity contribution in [1.29, 1.82) is 0 Å². The molecule has 1 atom stereocenters. The molecular weight excluding hydrogens is 278 g/mol. The normalized spacial score (nSPS) is 17.4. The van der Waals surface area contributed by atoms with E-state index in [9.17, 15) is 4.79 Å². The topological polar surface area (TPSA) is 84.6 Å². The Morgan fingerprint density at radius 2 is 2.15 bits per heavy atom. The van der Waals surface area contributed by atoms with E-state index in [-0.39, 0.29) is 12.5 Å². The van der Waals surface area contributed by atoms with E-state index in [0.717, 1.165) is 30.5 Å². The molecule has 0 radical (unpaired) electrons. The van der Waals surface area contributed by atoms with Gasteiger partial charge in [-0.15, -0.1) is 0 Å². The van der Waals surface area contributed by atoms with Crippen LogP contribution < -0.4 is 10.6 Å². The molecule has 2 rings (SSSR count). The van der Waals surface area contributed by atoms with Crippen molar-refractivity contribution in [3.8, 4) is 0 Å². The Bertz CT molecular complexity index is 445. The van der Waals surface area contributed by atoms with Crippen LogP contribution in [0.2, 0.25) is 0 Å². The Kier molecular flexibility index (Phi) is 5.27. The van der Waals surface area contributed by atoms with Gasteiger partial charge in [-0.2, -0.15) is 4.37 Å². The first-order valence-electron chi connectivity index (χ1n) is 6.76. The average molecular weight is 299 g/mol.